The number of allylic oxidation sites excluding steroid dienone is 3. The van der Waals surface area contributed by atoms with Crippen LogP contribution in [0.2, 0.25) is 0 Å². The average Bonchev–Trinajstić information content (AvgIpc) is 2.46. The van der Waals surface area contributed by atoms with E-state index in [0.29, 0.717) is 5.92 Å². The Labute approximate surface area is 163 Å². The molecule has 0 heterocycles. The first kappa shape index (κ1) is 19.3. The van der Waals surface area contributed by atoms with Crippen molar-refractivity contribution in [2.45, 2.75) is 65.7 Å². The van der Waals surface area contributed by atoms with Crippen LogP contribution >= 0.6 is 0 Å². The van der Waals surface area contributed by atoms with Crippen LogP contribution in [-0.4, -0.2) is 5.97 Å². The molecule has 122 valence electrons. The predicted molar refractivity (Wildman–Crippen MR) is 86.9 cm³/mol. The Kier molecular flexibility index (Phi) is 5.32. The summed E-state index contributed by atoms with van der Waals surface area (Å²) < 4.78 is 0. The molecule has 3 heteroatoms. The molecular formula is C20H29NaO2. The normalized spacial score (nSPS) is 45.8. The van der Waals surface area contributed by atoms with Crippen molar-refractivity contribution in [3.05, 3.63) is 24.3 Å². The van der Waals surface area contributed by atoms with Gasteiger partial charge >= 0.3 is 29.6 Å². The van der Waals surface area contributed by atoms with Crippen LogP contribution in [-0.2, 0) is 4.79 Å². The molecular weight excluding hydrogens is 295 g/mol. The summed E-state index contributed by atoms with van der Waals surface area (Å²) in [5.74, 6) is -0.0640. The Morgan fingerprint density at radius 3 is 2.61 bits per heavy atom. The van der Waals surface area contributed by atoms with Gasteiger partial charge in [-0.3, -0.25) is 0 Å². The van der Waals surface area contributed by atoms with E-state index in [9.17, 15) is 9.90 Å². The van der Waals surface area contributed by atoms with Crippen molar-refractivity contribution in [1.82, 2.24) is 0 Å². The summed E-state index contributed by atoms with van der Waals surface area (Å²) in [7, 11) is 0. The molecule has 2 saturated carbocycles. The molecule has 0 unspecified atom stereocenters. The first-order chi connectivity index (χ1) is 10.3. The fourth-order valence-corrected chi connectivity index (χ4v) is 5.85. The molecule has 0 radical (unpaired) electrons. The quantitative estimate of drug-likeness (QED) is 0.559. The number of aliphatic carboxylic acids is 1. The molecule has 0 aromatic heterocycles. The molecule has 0 spiro atoms. The molecule has 0 aliphatic heterocycles. The number of fused-ring (bicyclic) bond motifs is 3. The molecule has 0 amide bonds. The van der Waals surface area contributed by atoms with Crippen molar-refractivity contribution in [1.29, 1.82) is 0 Å². The topological polar surface area (TPSA) is 40.1 Å². The zero-order valence-corrected chi connectivity index (χ0v) is 17.3. The van der Waals surface area contributed by atoms with E-state index in [1.807, 2.05) is 6.92 Å². The van der Waals surface area contributed by atoms with E-state index in [1.54, 1.807) is 5.57 Å². The van der Waals surface area contributed by atoms with E-state index in [1.165, 1.54) is 12.8 Å². The van der Waals surface area contributed by atoms with Gasteiger partial charge in [-0.05, 0) is 61.2 Å². The van der Waals surface area contributed by atoms with Gasteiger partial charge in [0.25, 0.3) is 0 Å². The van der Waals surface area contributed by atoms with Crippen LogP contribution in [0.4, 0.5) is 0 Å². The van der Waals surface area contributed by atoms with Gasteiger partial charge < -0.3 is 9.90 Å². The van der Waals surface area contributed by atoms with E-state index in [4.69, 9.17) is 0 Å². The molecule has 2 fully saturated rings. The minimum Gasteiger partial charge on any atom is -0.550 e. The molecule has 0 saturated heterocycles. The smallest absolute Gasteiger partial charge is 0.550 e. The second-order valence-electron chi connectivity index (χ2n) is 8.76. The molecule has 23 heavy (non-hydrogen) atoms. The fourth-order valence-electron chi connectivity index (χ4n) is 5.85. The zero-order chi connectivity index (χ0) is 16.2. The SMILES string of the molecule is C=C[C@@]1(C)CC[C@H]2C(=CC[C@@H]3[C@]2(C)CCC[C@@]3(C)C(=O)[O-])C1.[Na+]. The largest absolute Gasteiger partial charge is 1.00 e. The van der Waals surface area contributed by atoms with Crippen LogP contribution in [0.25, 0.3) is 0 Å². The van der Waals surface area contributed by atoms with Gasteiger partial charge in [0.15, 0.2) is 0 Å². The minimum absolute atomic E-state index is 0. The molecule has 3 rings (SSSR count). The maximum Gasteiger partial charge on any atom is 1.00 e. The number of carbonyl (C=O) groups excluding carboxylic acids is 1. The number of carbonyl (C=O) groups is 1. The Balaban J connectivity index is 0.00000192. The molecule has 2 nitrogen and oxygen atoms in total. The van der Waals surface area contributed by atoms with Gasteiger partial charge in [0.2, 0.25) is 0 Å². The molecule has 3 aliphatic rings. The second-order valence-corrected chi connectivity index (χ2v) is 8.76. The number of hydrogen-bond acceptors (Lipinski definition) is 2. The van der Waals surface area contributed by atoms with Crippen molar-refractivity contribution >= 4 is 5.97 Å². The van der Waals surface area contributed by atoms with E-state index in [2.05, 4.69) is 32.6 Å². The van der Waals surface area contributed by atoms with Crippen LogP contribution in [0.5, 0.6) is 0 Å². The summed E-state index contributed by atoms with van der Waals surface area (Å²) in [5.41, 5.74) is 1.25. The third kappa shape index (κ3) is 2.89. The molecule has 3 aliphatic carbocycles. The van der Waals surface area contributed by atoms with Crippen LogP contribution in [0, 0.1) is 28.1 Å². The third-order valence-electron chi connectivity index (χ3n) is 7.41. The van der Waals surface area contributed by atoms with Crippen LogP contribution in [0.3, 0.4) is 0 Å². The van der Waals surface area contributed by atoms with Crippen molar-refractivity contribution in [3.63, 3.8) is 0 Å². The first-order valence-electron chi connectivity index (χ1n) is 8.79. The summed E-state index contributed by atoms with van der Waals surface area (Å²) >= 11 is 0. The molecule has 0 aromatic carbocycles. The third-order valence-corrected chi connectivity index (χ3v) is 7.41. The fraction of sp³-hybridized carbons (Fsp3) is 0.750. The van der Waals surface area contributed by atoms with Crippen molar-refractivity contribution < 1.29 is 39.5 Å². The predicted octanol–water partition coefficient (Wildman–Crippen LogP) is 0.876. The zero-order valence-electron chi connectivity index (χ0n) is 15.3. The molecule has 0 N–H and O–H groups in total. The van der Waals surface area contributed by atoms with Crippen LogP contribution in [0.1, 0.15) is 65.7 Å². The van der Waals surface area contributed by atoms with Crippen LogP contribution < -0.4 is 34.7 Å². The van der Waals surface area contributed by atoms with Crippen molar-refractivity contribution in [2.24, 2.45) is 28.1 Å². The van der Waals surface area contributed by atoms with Gasteiger partial charge in [0.1, 0.15) is 0 Å². The van der Waals surface area contributed by atoms with Gasteiger partial charge in [0.05, 0.1) is 0 Å². The summed E-state index contributed by atoms with van der Waals surface area (Å²) in [4.78, 5) is 11.8. The average molecular weight is 324 g/mol. The number of hydrogen-bond donors (Lipinski definition) is 0. The van der Waals surface area contributed by atoms with E-state index in [-0.39, 0.29) is 46.3 Å². The maximum absolute atomic E-state index is 11.8. The maximum atomic E-state index is 11.8. The van der Waals surface area contributed by atoms with E-state index >= 15 is 0 Å². The number of carboxylic acids is 1. The van der Waals surface area contributed by atoms with Crippen LogP contribution in [0.15, 0.2) is 24.3 Å². The second kappa shape index (κ2) is 6.35. The molecule has 0 bridgehead atoms. The molecule has 5 atom stereocenters. The first-order valence-corrected chi connectivity index (χ1v) is 8.79. The summed E-state index contributed by atoms with van der Waals surface area (Å²) in [6, 6.07) is 0. The van der Waals surface area contributed by atoms with Gasteiger partial charge in [0, 0.05) is 11.4 Å². The number of carboxylic acid groups (broad SMARTS) is 1. The Morgan fingerprint density at radius 2 is 2.00 bits per heavy atom. The van der Waals surface area contributed by atoms with E-state index < -0.39 is 11.4 Å². The summed E-state index contributed by atoms with van der Waals surface area (Å²) in [6.07, 6.45) is 11.8. The Morgan fingerprint density at radius 1 is 1.30 bits per heavy atom. The summed E-state index contributed by atoms with van der Waals surface area (Å²) in [5, 5.41) is 11.8. The standard InChI is InChI=1S/C20H30O2.Na/c1-5-18(2)12-9-15-14(13-18)7-8-16-19(15,3)10-6-11-20(16,4)17(21)22;/h5,7,15-16H,1,6,8-13H2,2-4H3,(H,21,22);/q;+1/p-1/t15-,16+,18-,19+,20+;/m0./s1. The van der Waals surface area contributed by atoms with Gasteiger partial charge in [-0.1, -0.05) is 44.9 Å². The Hall–Kier alpha value is -0.0500. The number of rotatable bonds is 2. The van der Waals surface area contributed by atoms with E-state index in [0.717, 1.165) is 32.1 Å². The van der Waals surface area contributed by atoms with Crippen molar-refractivity contribution in [3.8, 4) is 0 Å². The minimum atomic E-state index is -0.841. The monoisotopic (exact) mass is 324 g/mol. The Bertz CT molecular complexity index is 540. The molecule has 0 aromatic rings. The van der Waals surface area contributed by atoms with Gasteiger partial charge in [-0.25, -0.2) is 0 Å². The van der Waals surface area contributed by atoms with Crippen molar-refractivity contribution in [2.75, 3.05) is 0 Å². The van der Waals surface area contributed by atoms with Gasteiger partial charge in [-0.15, -0.1) is 6.58 Å². The summed E-state index contributed by atoms with van der Waals surface area (Å²) in [6.45, 7) is 10.6. The van der Waals surface area contributed by atoms with Gasteiger partial charge in [-0.2, -0.15) is 0 Å².